The van der Waals surface area contributed by atoms with Crippen LogP contribution in [0.15, 0.2) is 24.3 Å². The van der Waals surface area contributed by atoms with Crippen LogP contribution in [0, 0.1) is 17.2 Å². The highest BCUT2D eigenvalue weighted by Crippen LogP contribution is 2.30. The predicted molar refractivity (Wildman–Crippen MR) is 66.8 cm³/mol. The van der Waals surface area contributed by atoms with Crippen LogP contribution < -0.4 is 5.32 Å². The predicted octanol–water partition coefficient (Wildman–Crippen LogP) is 1.30. The molecule has 19 heavy (non-hydrogen) atoms. The zero-order chi connectivity index (χ0) is 13.8. The van der Waals surface area contributed by atoms with Gasteiger partial charge in [-0.1, -0.05) is 12.1 Å². The number of nitriles is 1. The summed E-state index contributed by atoms with van der Waals surface area (Å²) in [6, 6.07) is 9.03. The number of hydrogen-bond donors (Lipinski definition) is 1. The molecule has 0 aromatic heterocycles. The van der Waals surface area contributed by atoms with Gasteiger partial charge in [0.25, 0.3) is 0 Å². The van der Waals surface area contributed by atoms with E-state index in [1.807, 2.05) is 18.2 Å². The van der Waals surface area contributed by atoms with E-state index in [-0.39, 0.29) is 30.3 Å². The summed E-state index contributed by atoms with van der Waals surface area (Å²) < 4.78 is 4.58. The number of nitrogens with zero attached hydrogens (tertiary/aromatic N) is 1. The number of hydrogen-bond acceptors (Lipinski definition) is 4. The van der Waals surface area contributed by atoms with Crippen molar-refractivity contribution in [2.45, 2.75) is 18.9 Å². The van der Waals surface area contributed by atoms with Gasteiger partial charge in [-0.3, -0.25) is 9.59 Å². The lowest BCUT2D eigenvalue weighted by molar-refractivity contribution is -0.143. The second kappa shape index (κ2) is 5.53. The van der Waals surface area contributed by atoms with Crippen LogP contribution in [0.2, 0.25) is 0 Å². The SMILES string of the molecule is COC(=O)C[C@@H]1C[C@@H](c2ccc(C#N)cc2)NC1=O. The molecule has 1 N–H and O–H groups in total. The van der Waals surface area contributed by atoms with E-state index in [2.05, 4.69) is 10.1 Å². The molecular weight excluding hydrogens is 244 g/mol. The average Bonchev–Trinajstić information content (AvgIpc) is 2.80. The third-order valence-corrected chi connectivity index (χ3v) is 3.29. The number of carbonyl (C=O) groups excluding carboxylic acids is 2. The van der Waals surface area contributed by atoms with Crippen LogP contribution in [0.3, 0.4) is 0 Å². The molecule has 2 atom stereocenters. The Morgan fingerprint density at radius 1 is 1.47 bits per heavy atom. The van der Waals surface area contributed by atoms with E-state index >= 15 is 0 Å². The van der Waals surface area contributed by atoms with Crippen molar-refractivity contribution in [2.75, 3.05) is 7.11 Å². The van der Waals surface area contributed by atoms with Crippen LogP contribution in [0.5, 0.6) is 0 Å². The Morgan fingerprint density at radius 3 is 2.74 bits per heavy atom. The Labute approximate surface area is 111 Å². The first kappa shape index (κ1) is 13.1. The van der Waals surface area contributed by atoms with Crippen molar-refractivity contribution in [1.82, 2.24) is 5.32 Å². The van der Waals surface area contributed by atoms with Crippen molar-refractivity contribution in [1.29, 1.82) is 5.26 Å². The first-order valence-electron chi connectivity index (χ1n) is 6.01. The highest BCUT2D eigenvalue weighted by atomic mass is 16.5. The molecule has 0 unspecified atom stereocenters. The fourth-order valence-corrected chi connectivity index (χ4v) is 2.21. The maximum atomic E-state index is 11.8. The minimum Gasteiger partial charge on any atom is -0.469 e. The lowest BCUT2D eigenvalue weighted by Gasteiger charge is -2.10. The van der Waals surface area contributed by atoms with Crippen molar-refractivity contribution in [3.05, 3.63) is 35.4 Å². The monoisotopic (exact) mass is 258 g/mol. The molecule has 0 saturated carbocycles. The van der Waals surface area contributed by atoms with Gasteiger partial charge in [0, 0.05) is 0 Å². The van der Waals surface area contributed by atoms with Gasteiger partial charge in [-0.25, -0.2) is 0 Å². The zero-order valence-corrected chi connectivity index (χ0v) is 10.6. The largest absolute Gasteiger partial charge is 0.469 e. The Balaban J connectivity index is 2.05. The molecule has 0 bridgehead atoms. The highest BCUT2D eigenvalue weighted by molar-refractivity contribution is 5.85. The second-order valence-corrected chi connectivity index (χ2v) is 4.51. The summed E-state index contributed by atoms with van der Waals surface area (Å²) in [4.78, 5) is 23.0. The number of ether oxygens (including phenoxy) is 1. The van der Waals surface area contributed by atoms with Crippen molar-refractivity contribution >= 4 is 11.9 Å². The molecule has 0 spiro atoms. The van der Waals surface area contributed by atoms with Gasteiger partial charge >= 0.3 is 5.97 Å². The average molecular weight is 258 g/mol. The normalized spacial score (nSPS) is 21.6. The van der Waals surface area contributed by atoms with Crippen LogP contribution in [-0.4, -0.2) is 19.0 Å². The van der Waals surface area contributed by atoms with E-state index in [1.54, 1.807) is 12.1 Å². The number of carbonyl (C=O) groups is 2. The Bertz CT molecular complexity index is 531. The molecule has 0 aliphatic carbocycles. The first-order chi connectivity index (χ1) is 9.13. The van der Waals surface area contributed by atoms with Crippen LogP contribution >= 0.6 is 0 Å². The quantitative estimate of drug-likeness (QED) is 0.829. The smallest absolute Gasteiger partial charge is 0.306 e. The summed E-state index contributed by atoms with van der Waals surface area (Å²) in [5.74, 6) is -0.839. The summed E-state index contributed by atoms with van der Waals surface area (Å²) in [6.45, 7) is 0. The third kappa shape index (κ3) is 2.91. The number of amides is 1. The molecule has 1 aliphatic heterocycles. The molecule has 1 aromatic rings. The lowest BCUT2D eigenvalue weighted by atomic mass is 9.97. The number of esters is 1. The van der Waals surface area contributed by atoms with Crippen LogP contribution in [0.1, 0.15) is 30.0 Å². The number of rotatable bonds is 3. The molecule has 1 heterocycles. The molecule has 2 rings (SSSR count). The zero-order valence-electron chi connectivity index (χ0n) is 10.6. The van der Waals surface area contributed by atoms with E-state index in [0.29, 0.717) is 12.0 Å². The van der Waals surface area contributed by atoms with E-state index in [0.717, 1.165) is 5.56 Å². The third-order valence-electron chi connectivity index (χ3n) is 3.29. The molecule has 1 aliphatic rings. The van der Waals surface area contributed by atoms with Crippen LogP contribution in [-0.2, 0) is 14.3 Å². The molecule has 1 saturated heterocycles. The number of nitrogens with one attached hydrogen (secondary N) is 1. The highest BCUT2D eigenvalue weighted by Gasteiger charge is 2.34. The van der Waals surface area contributed by atoms with Crippen molar-refractivity contribution in [2.24, 2.45) is 5.92 Å². The van der Waals surface area contributed by atoms with Gasteiger partial charge in [0.15, 0.2) is 0 Å². The molecule has 0 radical (unpaired) electrons. The summed E-state index contributed by atoms with van der Waals surface area (Å²) in [5.41, 5.74) is 1.53. The molecule has 98 valence electrons. The summed E-state index contributed by atoms with van der Waals surface area (Å²) in [5, 5.41) is 11.6. The first-order valence-corrected chi connectivity index (χ1v) is 6.01. The maximum absolute atomic E-state index is 11.8. The topological polar surface area (TPSA) is 79.2 Å². The second-order valence-electron chi connectivity index (χ2n) is 4.51. The molecular formula is C14H14N2O3. The Morgan fingerprint density at radius 2 is 2.16 bits per heavy atom. The molecule has 5 nitrogen and oxygen atoms in total. The standard InChI is InChI=1S/C14H14N2O3/c1-19-13(17)7-11-6-12(16-14(11)18)10-4-2-9(8-15)3-5-10/h2-5,11-12H,6-7H2,1H3,(H,16,18)/t11-,12-/m0/s1. The Kier molecular flexibility index (Phi) is 3.81. The lowest BCUT2D eigenvalue weighted by Crippen LogP contribution is -2.23. The summed E-state index contributed by atoms with van der Waals surface area (Å²) in [6.07, 6.45) is 0.676. The van der Waals surface area contributed by atoms with Crippen LogP contribution in [0.4, 0.5) is 0 Å². The summed E-state index contributed by atoms with van der Waals surface area (Å²) >= 11 is 0. The van der Waals surface area contributed by atoms with E-state index in [9.17, 15) is 9.59 Å². The molecule has 1 aromatic carbocycles. The van der Waals surface area contributed by atoms with Gasteiger partial charge in [-0.15, -0.1) is 0 Å². The van der Waals surface area contributed by atoms with Gasteiger partial charge in [-0.2, -0.15) is 5.26 Å². The van der Waals surface area contributed by atoms with Crippen molar-refractivity contribution in [3.8, 4) is 6.07 Å². The minimum absolute atomic E-state index is 0.102. The fraction of sp³-hybridized carbons (Fsp3) is 0.357. The van der Waals surface area contributed by atoms with E-state index in [4.69, 9.17) is 5.26 Å². The maximum Gasteiger partial charge on any atom is 0.306 e. The summed E-state index contributed by atoms with van der Waals surface area (Å²) in [7, 11) is 1.31. The minimum atomic E-state index is -0.374. The number of methoxy groups -OCH3 is 1. The van der Waals surface area contributed by atoms with Gasteiger partial charge < -0.3 is 10.1 Å². The van der Waals surface area contributed by atoms with Gasteiger partial charge in [-0.05, 0) is 24.1 Å². The molecule has 1 amide bonds. The van der Waals surface area contributed by atoms with Crippen LogP contribution in [0.25, 0.3) is 0 Å². The van der Waals surface area contributed by atoms with Crippen molar-refractivity contribution < 1.29 is 14.3 Å². The van der Waals surface area contributed by atoms with Crippen molar-refractivity contribution in [3.63, 3.8) is 0 Å². The van der Waals surface area contributed by atoms with Gasteiger partial charge in [0.1, 0.15) is 0 Å². The molecule has 1 fully saturated rings. The van der Waals surface area contributed by atoms with Gasteiger partial charge in [0.2, 0.25) is 5.91 Å². The number of benzene rings is 1. The van der Waals surface area contributed by atoms with Gasteiger partial charge in [0.05, 0.1) is 37.1 Å². The Hall–Kier alpha value is -2.35. The van der Waals surface area contributed by atoms with E-state index in [1.165, 1.54) is 7.11 Å². The van der Waals surface area contributed by atoms with E-state index < -0.39 is 0 Å². The molecule has 5 heteroatoms. The fourth-order valence-electron chi connectivity index (χ4n) is 2.21.